The quantitative estimate of drug-likeness (QED) is 0.813. The largest absolute Gasteiger partial charge is 0.444 e. The van der Waals surface area contributed by atoms with Gasteiger partial charge in [0.15, 0.2) is 0 Å². The van der Waals surface area contributed by atoms with Gasteiger partial charge >= 0.3 is 0 Å². The van der Waals surface area contributed by atoms with Crippen LogP contribution in [0, 0.1) is 0 Å². The number of carbonyl (C=O) groups is 1. The Kier molecular flexibility index (Phi) is 5.46. The smallest absolute Gasteiger partial charge is 0.236 e. The highest BCUT2D eigenvalue weighted by Crippen LogP contribution is 2.24. The molecule has 1 saturated heterocycles. The van der Waals surface area contributed by atoms with Gasteiger partial charge in [0.25, 0.3) is 0 Å². The molecule has 1 aliphatic rings. The highest BCUT2D eigenvalue weighted by Gasteiger charge is 2.24. The van der Waals surface area contributed by atoms with Crippen molar-refractivity contribution in [1.29, 1.82) is 0 Å². The van der Waals surface area contributed by atoms with Gasteiger partial charge in [0.05, 0.1) is 23.1 Å². The molecule has 23 heavy (non-hydrogen) atoms. The fourth-order valence-electron chi connectivity index (χ4n) is 2.75. The lowest BCUT2D eigenvalue weighted by molar-refractivity contribution is -0.134. The highest BCUT2D eigenvalue weighted by atomic mass is 32.1. The lowest BCUT2D eigenvalue weighted by atomic mass is 10.1. The van der Waals surface area contributed by atoms with Gasteiger partial charge < -0.3 is 14.1 Å². The first-order chi connectivity index (χ1) is 11.3. The second-order valence-electron chi connectivity index (χ2n) is 5.77. The number of nitrogens with zero attached hydrogens (tertiary/aromatic N) is 2. The lowest BCUT2D eigenvalue weighted by Crippen LogP contribution is -2.44. The van der Waals surface area contributed by atoms with Crippen LogP contribution < -0.4 is 0 Å². The topological polar surface area (TPSA) is 55.6 Å². The normalized spacial score (nSPS) is 18.3. The summed E-state index contributed by atoms with van der Waals surface area (Å²) >= 11 is 1.58. The first-order valence-corrected chi connectivity index (χ1v) is 9.02. The van der Waals surface area contributed by atoms with Crippen molar-refractivity contribution in [2.75, 3.05) is 19.7 Å². The molecule has 3 heterocycles. The molecule has 1 aliphatic heterocycles. The van der Waals surface area contributed by atoms with Gasteiger partial charge in [-0.1, -0.05) is 13.0 Å². The molecular formula is C17H22N2O3S. The zero-order valence-electron chi connectivity index (χ0n) is 13.4. The molecule has 1 atom stereocenters. The number of amides is 1. The summed E-state index contributed by atoms with van der Waals surface area (Å²) < 4.78 is 11.3. The summed E-state index contributed by atoms with van der Waals surface area (Å²) in [6.45, 7) is 4.36. The van der Waals surface area contributed by atoms with Crippen LogP contribution in [0.4, 0.5) is 0 Å². The Hall–Kier alpha value is -1.66. The maximum absolute atomic E-state index is 12.5. The number of hydrogen-bond donors (Lipinski definition) is 0. The predicted molar refractivity (Wildman–Crippen MR) is 89.4 cm³/mol. The number of ether oxygens (including phenoxy) is 1. The summed E-state index contributed by atoms with van der Waals surface area (Å²) in [5, 5.41) is 1.98. The van der Waals surface area contributed by atoms with Crippen molar-refractivity contribution in [2.45, 2.75) is 38.7 Å². The fourth-order valence-corrected chi connectivity index (χ4v) is 3.41. The molecule has 0 aliphatic carbocycles. The van der Waals surface area contributed by atoms with Crippen molar-refractivity contribution in [3.05, 3.63) is 29.5 Å². The van der Waals surface area contributed by atoms with E-state index in [4.69, 9.17) is 9.15 Å². The zero-order chi connectivity index (χ0) is 16.1. The van der Waals surface area contributed by atoms with E-state index in [0.717, 1.165) is 37.3 Å². The van der Waals surface area contributed by atoms with Crippen LogP contribution in [0.3, 0.4) is 0 Å². The molecule has 1 amide bonds. The molecule has 124 valence electrons. The first kappa shape index (κ1) is 16.2. The van der Waals surface area contributed by atoms with Gasteiger partial charge in [0, 0.05) is 19.7 Å². The van der Waals surface area contributed by atoms with E-state index in [9.17, 15) is 4.79 Å². The average Bonchev–Trinajstić information content (AvgIpc) is 3.24. The number of aromatic nitrogens is 1. The number of piperidine rings is 1. The minimum atomic E-state index is 0.0980. The molecule has 0 N–H and O–H groups in total. The summed E-state index contributed by atoms with van der Waals surface area (Å²) in [6.07, 6.45) is 5.09. The van der Waals surface area contributed by atoms with E-state index in [2.05, 4.69) is 11.9 Å². The highest BCUT2D eigenvalue weighted by molar-refractivity contribution is 7.13. The van der Waals surface area contributed by atoms with Gasteiger partial charge in [0.1, 0.15) is 6.26 Å². The van der Waals surface area contributed by atoms with Gasteiger partial charge in [-0.05, 0) is 30.7 Å². The van der Waals surface area contributed by atoms with Crippen molar-refractivity contribution in [3.63, 3.8) is 0 Å². The van der Waals surface area contributed by atoms with E-state index in [1.807, 2.05) is 22.4 Å². The Morgan fingerprint density at radius 3 is 3.26 bits per heavy atom. The second kappa shape index (κ2) is 7.75. The number of oxazole rings is 1. The Morgan fingerprint density at radius 1 is 1.57 bits per heavy atom. The summed E-state index contributed by atoms with van der Waals surface area (Å²) in [6, 6.07) is 3.92. The maximum Gasteiger partial charge on any atom is 0.236 e. The number of hydrogen-bond acceptors (Lipinski definition) is 5. The van der Waals surface area contributed by atoms with E-state index >= 15 is 0 Å². The zero-order valence-corrected chi connectivity index (χ0v) is 14.2. The van der Waals surface area contributed by atoms with Crippen LogP contribution >= 0.6 is 11.3 Å². The predicted octanol–water partition coefficient (Wildman–Crippen LogP) is 3.36. The Labute approximate surface area is 140 Å². The van der Waals surface area contributed by atoms with Gasteiger partial charge in [-0.25, -0.2) is 4.98 Å². The van der Waals surface area contributed by atoms with E-state index in [1.54, 1.807) is 17.6 Å². The van der Waals surface area contributed by atoms with Crippen LogP contribution in [0.25, 0.3) is 10.8 Å². The Balaban J connectivity index is 1.56. The van der Waals surface area contributed by atoms with Crippen LogP contribution in [0.1, 0.15) is 31.9 Å². The standard InChI is InChI=1S/C17H22N2O3S/c1-2-8-21-14-5-3-7-19(11-14)16(20)10-13-12-22-17(18-13)15-6-4-9-23-15/h4,6,9,12,14H,2-3,5,7-8,10-11H2,1H3/t14-/m1/s1. The van der Waals surface area contributed by atoms with E-state index < -0.39 is 0 Å². The summed E-state index contributed by atoms with van der Waals surface area (Å²) in [5.74, 6) is 0.687. The molecule has 1 fully saturated rings. The lowest BCUT2D eigenvalue weighted by Gasteiger charge is -2.32. The molecule has 0 bridgehead atoms. The minimum absolute atomic E-state index is 0.0980. The number of rotatable bonds is 6. The summed E-state index contributed by atoms with van der Waals surface area (Å²) in [4.78, 5) is 19.8. The summed E-state index contributed by atoms with van der Waals surface area (Å²) in [5.41, 5.74) is 0.690. The van der Waals surface area contributed by atoms with Crippen molar-refractivity contribution >= 4 is 17.2 Å². The molecule has 0 spiro atoms. The van der Waals surface area contributed by atoms with Crippen LogP contribution in [0.15, 0.2) is 28.2 Å². The molecule has 3 rings (SSSR count). The second-order valence-corrected chi connectivity index (χ2v) is 6.72. The SMILES string of the molecule is CCCO[C@@H]1CCCN(C(=O)Cc2coc(-c3cccs3)n2)C1. The summed E-state index contributed by atoms with van der Waals surface area (Å²) in [7, 11) is 0. The first-order valence-electron chi connectivity index (χ1n) is 8.14. The van der Waals surface area contributed by atoms with Crippen LogP contribution in [0.2, 0.25) is 0 Å². The Morgan fingerprint density at radius 2 is 2.48 bits per heavy atom. The molecule has 5 nitrogen and oxygen atoms in total. The maximum atomic E-state index is 12.5. The third-order valence-electron chi connectivity index (χ3n) is 3.90. The molecule has 0 radical (unpaired) electrons. The van der Waals surface area contributed by atoms with Gasteiger partial charge in [-0.3, -0.25) is 4.79 Å². The van der Waals surface area contributed by atoms with Crippen molar-refractivity contribution in [2.24, 2.45) is 0 Å². The van der Waals surface area contributed by atoms with Crippen molar-refractivity contribution < 1.29 is 13.9 Å². The van der Waals surface area contributed by atoms with Crippen LogP contribution in [-0.2, 0) is 16.0 Å². The molecular weight excluding hydrogens is 312 g/mol. The Bertz CT molecular complexity index is 624. The van der Waals surface area contributed by atoms with Gasteiger partial charge in [0.2, 0.25) is 11.8 Å². The third kappa shape index (κ3) is 4.20. The monoisotopic (exact) mass is 334 g/mol. The van der Waals surface area contributed by atoms with Gasteiger partial charge in [-0.2, -0.15) is 0 Å². The molecule has 6 heteroatoms. The minimum Gasteiger partial charge on any atom is -0.444 e. The van der Waals surface area contributed by atoms with E-state index in [-0.39, 0.29) is 18.4 Å². The third-order valence-corrected chi connectivity index (χ3v) is 4.76. The number of carbonyl (C=O) groups excluding carboxylic acids is 1. The molecule has 0 saturated carbocycles. The molecule has 0 aromatic carbocycles. The van der Waals surface area contributed by atoms with Gasteiger partial charge in [-0.15, -0.1) is 11.3 Å². The van der Waals surface area contributed by atoms with Crippen LogP contribution in [-0.4, -0.2) is 41.6 Å². The fraction of sp³-hybridized carbons (Fsp3) is 0.529. The van der Waals surface area contributed by atoms with E-state index in [0.29, 0.717) is 18.1 Å². The van der Waals surface area contributed by atoms with E-state index in [1.165, 1.54) is 0 Å². The molecule has 0 unspecified atom stereocenters. The number of likely N-dealkylation sites (tertiary alicyclic amines) is 1. The van der Waals surface area contributed by atoms with Crippen LogP contribution in [0.5, 0.6) is 0 Å². The molecule has 2 aromatic rings. The van der Waals surface area contributed by atoms with Crippen molar-refractivity contribution in [1.82, 2.24) is 9.88 Å². The average molecular weight is 334 g/mol. The van der Waals surface area contributed by atoms with Crippen molar-refractivity contribution in [3.8, 4) is 10.8 Å². The molecule has 2 aromatic heterocycles. The number of thiophene rings is 1.